The molecule has 0 spiro atoms. The molecule has 1 rings (SSSR count). The molecule has 0 N–H and O–H groups in total. The van der Waals surface area contributed by atoms with E-state index in [2.05, 4.69) is 14.5 Å². The van der Waals surface area contributed by atoms with Crippen molar-refractivity contribution < 1.29 is 31.4 Å². The van der Waals surface area contributed by atoms with E-state index < -0.39 is 29.9 Å². The van der Waals surface area contributed by atoms with E-state index in [1.54, 1.807) is 0 Å². The Kier molecular flexibility index (Phi) is 4.55. The highest BCUT2D eigenvalue weighted by atomic mass is 35.5. The van der Waals surface area contributed by atoms with Gasteiger partial charge < -0.3 is 9.47 Å². The van der Waals surface area contributed by atoms with Gasteiger partial charge in [0.2, 0.25) is 0 Å². The van der Waals surface area contributed by atoms with E-state index >= 15 is 0 Å². The van der Waals surface area contributed by atoms with Crippen LogP contribution in [0, 0.1) is 0 Å². The van der Waals surface area contributed by atoms with Crippen LogP contribution in [0.4, 0.5) is 22.0 Å². The Bertz CT molecular complexity index is 424. The third kappa shape index (κ3) is 3.34. The Balaban J connectivity index is 3.33. The first kappa shape index (κ1) is 14.7. The zero-order valence-corrected chi connectivity index (χ0v) is 9.65. The van der Waals surface area contributed by atoms with Gasteiger partial charge in [-0.3, -0.25) is 4.98 Å². The molecule has 0 aromatic carbocycles. The average Bonchev–Trinajstić information content (AvgIpc) is 2.26. The van der Waals surface area contributed by atoms with Gasteiger partial charge in [-0.15, -0.1) is 24.8 Å². The summed E-state index contributed by atoms with van der Waals surface area (Å²) >= 11 is 5.38. The highest BCUT2D eigenvalue weighted by molar-refractivity contribution is 6.17. The van der Waals surface area contributed by atoms with Crippen LogP contribution in [-0.2, 0) is 5.88 Å². The van der Waals surface area contributed by atoms with Gasteiger partial charge in [0.05, 0.1) is 30.4 Å². The number of hydrogen-bond acceptors (Lipinski definition) is 3. The van der Waals surface area contributed by atoms with Crippen molar-refractivity contribution in [3.63, 3.8) is 0 Å². The quantitative estimate of drug-likeness (QED) is 0.626. The van der Waals surface area contributed by atoms with E-state index in [0.29, 0.717) is 6.20 Å². The van der Waals surface area contributed by atoms with Crippen LogP contribution < -0.4 is 9.47 Å². The molecule has 0 fully saturated rings. The molecule has 0 aliphatic heterocycles. The van der Waals surface area contributed by atoms with Crippen molar-refractivity contribution in [1.82, 2.24) is 4.98 Å². The summed E-state index contributed by atoms with van der Waals surface area (Å²) in [6.45, 7) is 0. The van der Waals surface area contributed by atoms with Gasteiger partial charge in [-0.05, 0) is 0 Å². The summed E-state index contributed by atoms with van der Waals surface area (Å²) in [6, 6.07) is 0. The van der Waals surface area contributed by atoms with Gasteiger partial charge in [0, 0.05) is 0 Å². The van der Waals surface area contributed by atoms with Crippen molar-refractivity contribution in [2.45, 2.75) is 18.7 Å². The molecule has 0 saturated carbocycles. The van der Waals surface area contributed by atoms with Crippen molar-refractivity contribution in [3.05, 3.63) is 17.5 Å². The van der Waals surface area contributed by atoms with Crippen LogP contribution >= 0.6 is 11.6 Å². The second kappa shape index (κ2) is 5.55. The predicted octanol–water partition coefficient (Wildman–Crippen LogP) is 3.67. The lowest BCUT2D eigenvalue weighted by atomic mass is 10.2. The zero-order chi connectivity index (χ0) is 13.9. The first-order chi connectivity index (χ1) is 8.30. The summed E-state index contributed by atoms with van der Waals surface area (Å²) in [6.07, 6.45) is -7.48. The van der Waals surface area contributed by atoms with Gasteiger partial charge in [0.15, 0.2) is 11.5 Å². The van der Waals surface area contributed by atoms with Crippen molar-refractivity contribution >= 4 is 11.6 Å². The minimum atomic E-state index is -5.03. The molecule has 1 aromatic rings. The first-order valence-corrected chi connectivity index (χ1v) is 4.99. The minimum Gasteiger partial charge on any atom is -0.492 e. The van der Waals surface area contributed by atoms with Gasteiger partial charge >= 0.3 is 6.36 Å². The van der Waals surface area contributed by atoms with Crippen LogP contribution in [0.15, 0.2) is 6.20 Å². The van der Waals surface area contributed by atoms with Crippen molar-refractivity contribution in [1.29, 1.82) is 0 Å². The molecular formula is C9H7ClF5NO2. The normalized spacial score (nSPS) is 11.8. The lowest BCUT2D eigenvalue weighted by Crippen LogP contribution is -2.18. The molecule has 0 atom stereocenters. The lowest BCUT2D eigenvalue weighted by molar-refractivity contribution is -0.275. The number of halogens is 6. The average molecular weight is 292 g/mol. The van der Waals surface area contributed by atoms with Crippen LogP contribution in [0.3, 0.4) is 0 Å². The molecule has 0 bridgehead atoms. The molecule has 1 heterocycles. The largest absolute Gasteiger partial charge is 0.573 e. The van der Waals surface area contributed by atoms with Crippen LogP contribution in [0.2, 0.25) is 0 Å². The van der Waals surface area contributed by atoms with Crippen LogP contribution in [-0.4, -0.2) is 18.5 Å². The molecule has 0 saturated heterocycles. The highest BCUT2D eigenvalue weighted by Gasteiger charge is 2.34. The summed E-state index contributed by atoms with van der Waals surface area (Å²) in [5, 5.41) is 0. The van der Waals surface area contributed by atoms with Crippen molar-refractivity contribution in [2.24, 2.45) is 0 Å². The lowest BCUT2D eigenvalue weighted by Gasteiger charge is -2.16. The third-order valence-electron chi connectivity index (χ3n) is 1.89. The Morgan fingerprint density at radius 1 is 1.39 bits per heavy atom. The molecule has 0 aliphatic rings. The molecule has 0 unspecified atom stereocenters. The molecule has 1 aromatic heterocycles. The van der Waals surface area contributed by atoms with Gasteiger partial charge in [-0.25, -0.2) is 8.78 Å². The standard InChI is InChI=1S/C9H7ClF5NO2/c1-17-7-5(18-9(13,14)15)3-16-4(2-10)6(7)8(11)12/h3,8H,2H2,1H3. The molecule has 0 radical (unpaired) electrons. The summed E-state index contributed by atoms with van der Waals surface area (Å²) in [5.74, 6) is -2.05. The SMILES string of the molecule is COc1c(OC(F)(F)F)cnc(CCl)c1C(F)F. The number of pyridine rings is 1. The zero-order valence-electron chi connectivity index (χ0n) is 8.89. The second-order valence-electron chi connectivity index (χ2n) is 3.00. The second-order valence-corrected chi connectivity index (χ2v) is 3.27. The van der Waals surface area contributed by atoms with E-state index in [4.69, 9.17) is 11.6 Å². The van der Waals surface area contributed by atoms with E-state index in [9.17, 15) is 22.0 Å². The molecule has 102 valence electrons. The number of aromatic nitrogens is 1. The Hall–Kier alpha value is -1.31. The number of methoxy groups -OCH3 is 1. The fourth-order valence-electron chi connectivity index (χ4n) is 1.27. The topological polar surface area (TPSA) is 31.4 Å². The van der Waals surface area contributed by atoms with Crippen LogP contribution in [0.1, 0.15) is 17.7 Å². The minimum absolute atomic E-state index is 0.266. The van der Waals surface area contributed by atoms with Crippen molar-refractivity contribution in [3.8, 4) is 11.5 Å². The molecule has 0 amide bonds. The number of hydrogen-bond donors (Lipinski definition) is 0. The van der Waals surface area contributed by atoms with Crippen LogP contribution in [0.25, 0.3) is 0 Å². The number of ether oxygens (including phenoxy) is 2. The number of rotatable bonds is 4. The molecule has 18 heavy (non-hydrogen) atoms. The first-order valence-electron chi connectivity index (χ1n) is 4.45. The Morgan fingerprint density at radius 3 is 2.39 bits per heavy atom. The molecule has 0 aliphatic carbocycles. The number of alkyl halides is 6. The molecule has 9 heteroatoms. The van der Waals surface area contributed by atoms with E-state index in [1.165, 1.54) is 0 Å². The summed E-state index contributed by atoms with van der Waals surface area (Å²) < 4.78 is 69.8. The summed E-state index contributed by atoms with van der Waals surface area (Å²) in [5.41, 5.74) is -1.08. The third-order valence-corrected chi connectivity index (χ3v) is 2.14. The fourth-order valence-corrected chi connectivity index (χ4v) is 1.48. The van der Waals surface area contributed by atoms with Crippen LogP contribution in [0.5, 0.6) is 11.5 Å². The highest BCUT2D eigenvalue weighted by Crippen LogP contribution is 2.40. The molecular weight excluding hydrogens is 285 g/mol. The Labute approximate surface area is 103 Å². The summed E-state index contributed by atoms with van der Waals surface area (Å²) in [4.78, 5) is 3.39. The van der Waals surface area contributed by atoms with Gasteiger partial charge in [0.25, 0.3) is 6.43 Å². The van der Waals surface area contributed by atoms with Crippen molar-refractivity contribution in [2.75, 3.05) is 7.11 Å². The summed E-state index contributed by atoms with van der Waals surface area (Å²) in [7, 11) is 0.947. The maximum atomic E-state index is 12.8. The molecule has 3 nitrogen and oxygen atoms in total. The predicted molar refractivity (Wildman–Crippen MR) is 52.0 cm³/mol. The maximum absolute atomic E-state index is 12.8. The van der Waals surface area contributed by atoms with E-state index in [0.717, 1.165) is 7.11 Å². The van der Waals surface area contributed by atoms with Gasteiger partial charge in [-0.2, -0.15) is 0 Å². The van der Waals surface area contributed by atoms with E-state index in [-0.39, 0.29) is 11.6 Å². The van der Waals surface area contributed by atoms with Gasteiger partial charge in [0.1, 0.15) is 0 Å². The smallest absolute Gasteiger partial charge is 0.492 e. The monoisotopic (exact) mass is 291 g/mol. The van der Waals surface area contributed by atoms with E-state index in [1.807, 2.05) is 0 Å². The number of nitrogens with zero attached hydrogens (tertiary/aromatic N) is 1. The Morgan fingerprint density at radius 2 is 2.00 bits per heavy atom. The fraction of sp³-hybridized carbons (Fsp3) is 0.444. The van der Waals surface area contributed by atoms with Gasteiger partial charge in [-0.1, -0.05) is 0 Å². The maximum Gasteiger partial charge on any atom is 0.573 e.